The van der Waals surface area contributed by atoms with Crippen LogP contribution in [0.2, 0.25) is 0 Å². The maximum absolute atomic E-state index is 10.9. The van der Waals surface area contributed by atoms with Gasteiger partial charge in [-0.25, -0.2) is 0 Å². The van der Waals surface area contributed by atoms with Gasteiger partial charge in [-0.1, -0.05) is 26.2 Å². The van der Waals surface area contributed by atoms with Crippen LogP contribution in [0, 0.1) is 0 Å². The van der Waals surface area contributed by atoms with Crippen LogP contribution in [-0.4, -0.2) is 66.3 Å². The number of methoxy groups -OCH3 is 1. The van der Waals surface area contributed by atoms with E-state index in [1.807, 2.05) is 24.3 Å². The SMILES string of the molecule is CCCCCCN1CCN(C[C@H](O)c2ccnc3ccc(OC)cc23)CC1. The largest absolute Gasteiger partial charge is 0.497 e. The zero-order valence-electron chi connectivity index (χ0n) is 16.7. The molecular formula is C22H33N3O2. The van der Waals surface area contributed by atoms with E-state index in [-0.39, 0.29) is 0 Å². The molecule has 2 aromatic rings. The van der Waals surface area contributed by atoms with Crippen molar-refractivity contribution in [1.29, 1.82) is 0 Å². The van der Waals surface area contributed by atoms with Crippen molar-refractivity contribution in [3.63, 3.8) is 0 Å². The summed E-state index contributed by atoms with van der Waals surface area (Å²) in [4.78, 5) is 9.35. The first-order valence-corrected chi connectivity index (χ1v) is 10.3. The Morgan fingerprint density at radius 1 is 1.07 bits per heavy atom. The molecule has 1 aliphatic rings. The number of β-amino-alcohol motifs (C(OH)–C–C–N with tert-alkyl or cyclic N) is 1. The minimum atomic E-state index is -0.515. The Hall–Kier alpha value is -1.69. The second-order valence-electron chi connectivity index (χ2n) is 7.50. The molecule has 1 aliphatic heterocycles. The quantitative estimate of drug-likeness (QED) is 0.684. The van der Waals surface area contributed by atoms with E-state index < -0.39 is 6.10 Å². The summed E-state index contributed by atoms with van der Waals surface area (Å²) in [5, 5.41) is 11.8. The Bertz CT molecular complexity index is 714. The standard InChI is InChI=1S/C22H33N3O2/c1-3-4-5-6-11-24-12-14-25(15-13-24)17-22(26)19-9-10-23-21-8-7-18(27-2)16-20(19)21/h7-10,16,22,26H,3-6,11-15,17H2,1-2H3/t22-/m0/s1. The number of ether oxygens (including phenoxy) is 1. The lowest BCUT2D eigenvalue weighted by Crippen LogP contribution is -2.47. The highest BCUT2D eigenvalue weighted by molar-refractivity contribution is 5.83. The number of unbranched alkanes of at least 4 members (excludes halogenated alkanes) is 3. The van der Waals surface area contributed by atoms with Gasteiger partial charge in [0.25, 0.3) is 0 Å². The Morgan fingerprint density at radius 2 is 1.85 bits per heavy atom. The molecule has 2 heterocycles. The van der Waals surface area contributed by atoms with Crippen LogP contribution in [-0.2, 0) is 0 Å². The summed E-state index contributed by atoms with van der Waals surface area (Å²) in [6, 6.07) is 7.75. The first-order chi connectivity index (χ1) is 13.2. The Kier molecular flexibility index (Phi) is 7.44. The van der Waals surface area contributed by atoms with E-state index in [4.69, 9.17) is 4.74 Å². The molecule has 0 amide bonds. The van der Waals surface area contributed by atoms with Crippen molar-refractivity contribution in [3.8, 4) is 5.75 Å². The van der Waals surface area contributed by atoms with Gasteiger partial charge in [-0.05, 0) is 42.8 Å². The van der Waals surface area contributed by atoms with E-state index in [0.29, 0.717) is 6.54 Å². The van der Waals surface area contributed by atoms with Gasteiger partial charge in [0.05, 0.1) is 18.7 Å². The molecule has 1 saturated heterocycles. The predicted octanol–water partition coefficient (Wildman–Crippen LogP) is 3.47. The van der Waals surface area contributed by atoms with E-state index in [1.54, 1.807) is 13.3 Å². The average Bonchev–Trinajstić information content (AvgIpc) is 2.71. The molecule has 0 saturated carbocycles. The topological polar surface area (TPSA) is 48.8 Å². The smallest absolute Gasteiger partial charge is 0.119 e. The molecule has 1 fully saturated rings. The van der Waals surface area contributed by atoms with Crippen LogP contribution in [0.4, 0.5) is 0 Å². The maximum Gasteiger partial charge on any atom is 0.119 e. The molecule has 1 aromatic heterocycles. The summed E-state index contributed by atoms with van der Waals surface area (Å²) in [5.74, 6) is 0.792. The van der Waals surface area contributed by atoms with Crippen molar-refractivity contribution in [2.45, 2.75) is 38.7 Å². The molecular weight excluding hydrogens is 338 g/mol. The molecule has 5 heteroatoms. The first kappa shape index (κ1) is 20.1. The van der Waals surface area contributed by atoms with Crippen LogP contribution < -0.4 is 4.74 Å². The fourth-order valence-corrected chi connectivity index (χ4v) is 3.86. The van der Waals surface area contributed by atoms with Crippen LogP contribution in [0.5, 0.6) is 5.75 Å². The molecule has 0 unspecified atom stereocenters. The highest BCUT2D eigenvalue weighted by atomic mass is 16.5. The van der Waals surface area contributed by atoms with Crippen LogP contribution in [0.1, 0.15) is 44.3 Å². The third kappa shape index (κ3) is 5.41. The fourth-order valence-electron chi connectivity index (χ4n) is 3.86. The summed E-state index contributed by atoms with van der Waals surface area (Å²) in [6.45, 7) is 8.39. The molecule has 0 aliphatic carbocycles. The highest BCUT2D eigenvalue weighted by Crippen LogP contribution is 2.27. The second kappa shape index (κ2) is 10.0. The second-order valence-corrected chi connectivity index (χ2v) is 7.50. The number of hydrogen-bond acceptors (Lipinski definition) is 5. The average molecular weight is 372 g/mol. The van der Waals surface area contributed by atoms with Crippen molar-refractivity contribution >= 4 is 10.9 Å². The monoisotopic (exact) mass is 371 g/mol. The number of rotatable bonds is 9. The normalized spacial score (nSPS) is 17.3. The van der Waals surface area contributed by atoms with Gasteiger partial charge in [0.2, 0.25) is 0 Å². The van der Waals surface area contributed by atoms with Crippen LogP contribution >= 0.6 is 0 Å². The third-order valence-electron chi connectivity index (χ3n) is 5.57. The van der Waals surface area contributed by atoms with Crippen LogP contribution in [0.25, 0.3) is 10.9 Å². The van der Waals surface area contributed by atoms with E-state index in [1.165, 1.54) is 32.2 Å². The van der Waals surface area contributed by atoms with Crippen molar-refractivity contribution in [1.82, 2.24) is 14.8 Å². The van der Waals surface area contributed by atoms with Gasteiger partial charge in [0, 0.05) is 44.3 Å². The zero-order valence-corrected chi connectivity index (χ0v) is 16.7. The van der Waals surface area contributed by atoms with Crippen molar-refractivity contribution < 1.29 is 9.84 Å². The lowest BCUT2D eigenvalue weighted by atomic mass is 10.0. The summed E-state index contributed by atoms with van der Waals surface area (Å²) < 4.78 is 5.34. The lowest BCUT2D eigenvalue weighted by Gasteiger charge is -2.35. The lowest BCUT2D eigenvalue weighted by molar-refractivity contribution is 0.0726. The van der Waals surface area contributed by atoms with E-state index >= 15 is 0 Å². The number of aromatic nitrogens is 1. The van der Waals surface area contributed by atoms with Gasteiger partial charge in [-0.3, -0.25) is 9.88 Å². The number of fused-ring (bicyclic) bond motifs is 1. The predicted molar refractivity (Wildman–Crippen MR) is 110 cm³/mol. The van der Waals surface area contributed by atoms with E-state index in [2.05, 4.69) is 21.7 Å². The number of hydrogen-bond donors (Lipinski definition) is 1. The molecule has 0 spiro atoms. The highest BCUT2D eigenvalue weighted by Gasteiger charge is 2.21. The van der Waals surface area contributed by atoms with Crippen molar-refractivity contribution in [2.24, 2.45) is 0 Å². The zero-order chi connectivity index (χ0) is 19.1. The number of aliphatic hydroxyl groups excluding tert-OH is 1. The minimum absolute atomic E-state index is 0.515. The first-order valence-electron chi connectivity index (χ1n) is 10.3. The van der Waals surface area contributed by atoms with Gasteiger partial charge >= 0.3 is 0 Å². The summed E-state index contributed by atoms with van der Waals surface area (Å²) >= 11 is 0. The molecule has 0 bridgehead atoms. The van der Waals surface area contributed by atoms with E-state index in [0.717, 1.165) is 48.4 Å². The Morgan fingerprint density at radius 3 is 2.59 bits per heavy atom. The van der Waals surface area contributed by atoms with Gasteiger partial charge in [0.15, 0.2) is 0 Å². The fraction of sp³-hybridized carbons (Fsp3) is 0.591. The van der Waals surface area contributed by atoms with Crippen molar-refractivity contribution in [2.75, 3.05) is 46.4 Å². The number of nitrogens with zero attached hydrogens (tertiary/aromatic N) is 3. The number of benzene rings is 1. The molecule has 0 radical (unpaired) electrons. The van der Waals surface area contributed by atoms with Gasteiger partial charge in [-0.2, -0.15) is 0 Å². The molecule has 3 rings (SSSR count). The Balaban J connectivity index is 1.55. The molecule has 1 N–H and O–H groups in total. The summed E-state index contributed by atoms with van der Waals surface area (Å²) in [6.07, 6.45) is 6.55. The molecule has 27 heavy (non-hydrogen) atoms. The Labute approximate surface area is 162 Å². The maximum atomic E-state index is 10.9. The van der Waals surface area contributed by atoms with Crippen LogP contribution in [0.15, 0.2) is 30.5 Å². The molecule has 5 nitrogen and oxygen atoms in total. The van der Waals surface area contributed by atoms with Gasteiger partial charge in [-0.15, -0.1) is 0 Å². The third-order valence-corrected chi connectivity index (χ3v) is 5.57. The minimum Gasteiger partial charge on any atom is -0.497 e. The molecule has 1 aromatic carbocycles. The molecule has 148 valence electrons. The summed E-state index contributed by atoms with van der Waals surface area (Å²) in [5.41, 5.74) is 1.82. The van der Waals surface area contributed by atoms with Gasteiger partial charge < -0.3 is 14.7 Å². The number of aliphatic hydroxyl groups is 1. The number of pyridine rings is 1. The van der Waals surface area contributed by atoms with E-state index in [9.17, 15) is 5.11 Å². The van der Waals surface area contributed by atoms with Gasteiger partial charge in [0.1, 0.15) is 5.75 Å². The van der Waals surface area contributed by atoms with Crippen molar-refractivity contribution in [3.05, 3.63) is 36.0 Å². The summed E-state index contributed by atoms with van der Waals surface area (Å²) in [7, 11) is 1.66. The number of piperazine rings is 1. The molecule has 1 atom stereocenters. The van der Waals surface area contributed by atoms with Crippen LogP contribution in [0.3, 0.4) is 0 Å².